The first-order valence-corrected chi connectivity index (χ1v) is 14.2. The first kappa shape index (κ1) is 29.9. The van der Waals surface area contributed by atoms with Crippen LogP contribution in [0.15, 0.2) is 66.9 Å². The molecule has 3 N–H and O–H groups in total. The molecule has 0 aliphatic carbocycles. The molecule has 10 heteroatoms. The van der Waals surface area contributed by atoms with Crippen LogP contribution in [-0.4, -0.2) is 39.9 Å². The molecular weight excluding hydrogens is 557 g/mol. The van der Waals surface area contributed by atoms with Gasteiger partial charge in [-0.15, -0.1) is 0 Å². The molecule has 5 aromatic rings. The second-order valence-corrected chi connectivity index (χ2v) is 10.7. The summed E-state index contributed by atoms with van der Waals surface area (Å²) in [6, 6.07) is 19.3. The monoisotopic (exact) mass is 590 g/mol. The molecule has 1 atom stereocenters. The Kier molecular flexibility index (Phi) is 8.84. The van der Waals surface area contributed by atoms with Gasteiger partial charge in [-0.25, -0.2) is 4.98 Å². The van der Waals surface area contributed by atoms with Gasteiger partial charge in [0.1, 0.15) is 11.6 Å². The molecule has 0 saturated heterocycles. The number of imidazole rings is 1. The highest BCUT2D eigenvalue weighted by Gasteiger charge is 2.37. The molecule has 5 rings (SSSR count). The molecule has 0 aliphatic rings. The second kappa shape index (κ2) is 12.7. The summed E-state index contributed by atoms with van der Waals surface area (Å²) in [7, 11) is 1.59. The van der Waals surface area contributed by atoms with E-state index in [4.69, 9.17) is 4.74 Å². The minimum Gasteiger partial charge on any atom is -0.497 e. The molecule has 0 bridgehead atoms. The molecule has 0 unspecified atom stereocenters. The lowest BCUT2D eigenvalue weighted by Crippen LogP contribution is -2.30. The molecule has 2 heterocycles. The number of Topliss-reactive ketones (excluding diaryl/α,β-unsaturated/α-hetero) is 1. The zero-order valence-corrected chi connectivity index (χ0v) is 24.0. The SMILES string of the molecule is COc1ccc2[nH]c(C)c(CC(=O)N[C@@H](CCCCCC(=O)C(F)(F)F)c3ncc(-c4ccc5ccccc5c4)[nH]3)c2c1. The molecular formula is C33H33F3N4O3. The van der Waals surface area contributed by atoms with Crippen LogP contribution >= 0.6 is 0 Å². The van der Waals surface area contributed by atoms with E-state index in [-0.39, 0.29) is 18.7 Å². The summed E-state index contributed by atoms with van der Waals surface area (Å²) in [5.74, 6) is -0.686. The van der Waals surface area contributed by atoms with E-state index in [0.29, 0.717) is 30.8 Å². The third-order valence-corrected chi connectivity index (χ3v) is 7.70. The Balaban J connectivity index is 1.33. The third kappa shape index (κ3) is 7.07. The number of alkyl halides is 3. The summed E-state index contributed by atoms with van der Waals surface area (Å²) in [5.41, 5.74) is 4.36. The number of ketones is 1. The van der Waals surface area contributed by atoms with Gasteiger partial charge in [0.05, 0.1) is 31.5 Å². The second-order valence-electron chi connectivity index (χ2n) is 10.7. The summed E-state index contributed by atoms with van der Waals surface area (Å²) in [6.45, 7) is 1.91. The lowest BCUT2D eigenvalue weighted by molar-refractivity contribution is -0.171. The van der Waals surface area contributed by atoms with Gasteiger partial charge in [0, 0.05) is 28.6 Å². The van der Waals surface area contributed by atoms with Crippen molar-refractivity contribution in [3.8, 4) is 17.0 Å². The van der Waals surface area contributed by atoms with Gasteiger partial charge in [-0.2, -0.15) is 13.2 Å². The van der Waals surface area contributed by atoms with E-state index in [0.717, 1.165) is 44.2 Å². The highest BCUT2D eigenvalue weighted by Crippen LogP contribution is 2.29. The number of methoxy groups -OCH3 is 1. The van der Waals surface area contributed by atoms with Crippen LogP contribution in [0.5, 0.6) is 5.75 Å². The van der Waals surface area contributed by atoms with Gasteiger partial charge in [0.15, 0.2) is 0 Å². The minimum absolute atomic E-state index is 0.119. The third-order valence-electron chi connectivity index (χ3n) is 7.70. The highest BCUT2D eigenvalue weighted by molar-refractivity contribution is 5.91. The van der Waals surface area contributed by atoms with Crippen LogP contribution in [0.1, 0.15) is 55.2 Å². The van der Waals surface area contributed by atoms with Crippen LogP contribution in [-0.2, 0) is 16.0 Å². The van der Waals surface area contributed by atoms with E-state index in [2.05, 4.69) is 26.3 Å². The average Bonchev–Trinajstić information content (AvgIpc) is 3.60. The number of carbonyl (C=O) groups excluding carboxylic acids is 2. The zero-order chi connectivity index (χ0) is 30.6. The molecule has 1 amide bonds. The molecule has 0 aliphatic heterocycles. The van der Waals surface area contributed by atoms with Crippen LogP contribution in [0.2, 0.25) is 0 Å². The molecule has 0 saturated carbocycles. The number of ether oxygens (including phenoxy) is 1. The summed E-state index contributed by atoms with van der Waals surface area (Å²) in [5, 5.41) is 6.18. The van der Waals surface area contributed by atoms with E-state index in [1.165, 1.54) is 0 Å². The maximum atomic E-state index is 13.4. The smallest absolute Gasteiger partial charge is 0.449 e. The molecule has 0 spiro atoms. The van der Waals surface area contributed by atoms with Crippen molar-refractivity contribution in [2.24, 2.45) is 0 Å². The predicted octanol–water partition coefficient (Wildman–Crippen LogP) is 7.51. The van der Waals surface area contributed by atoms with Crippen molar-refractivity contribution < 1.29 is 27.5 Å². The van der Waals surface area contributed by atoms with Crippen molar-refractivity contribution in [2.75, 3.05) is 7.11 Å². The first-order valence-electron chi connectivity index (χ1n) is 14.2. The Labute approximate surface area is 246 Å². The summed E-state index contributed by atoms with van der Waals surface area (Å²) in [6.07, 6.45) is -2.04. The number of aromatic nitrogens is 3. The zero-order valence-electron chi connectivity index (χ0n) is 24.0. The van der Waals surface area contributed by atoms with E-state index in [9.17, 15) is 22.8 Å². The molecule has 7 nitrogen and oxygen atoms in total. The molecule has 0 radical (unpaired) electrons. The summed E-state index contributed by atoms with van der Waals surface area (Å²) < 4.78 is 43.1. The van der Waals surface area contributed by atoms with Crippen molar-refractivity contribution in [3.63, 3.8) is 0 Å². The van der Waals surface area contributed by atoms with Crippen molar-refractivity contribution in [1.82, 2.24) is 20.3 Å². The maximum absolute atomic E-state index is 13.4. The summed E-state index contributed by atoms with van der Waals surface area (Å²) >= 11 is 0. The van der Waals surface area contributed by atoms with Crippen molar-refractivity contribution in [3.05, 3.63) is 83.9 Å². The number of nitrogens with zero attached hydrogens (tertiary/aromatic N) is 1. The molecule has 2 aromatic heterocycles. The molecule has 224 valence electrons. The Bertz CT molecular complexity index is 1760. The molecule has 0 fully saturated rings. The lowest BCUT2D eigenvalue weighted by Gasteiger charge is -2.17. The number of amides is 1. The number of nitrogens with one attached hydrogen (secondary N) is 3. The van der Waals surface area contributed by atoms with Crippen LogP contribution < -0.4 is 10.1 Å². The van der Waals surface area contributed by atoms with Gasteiger partial charge in [0.25, 0.3) is 0 Å². The Morgan fingerprint density at radius 1 is 0.977 bits per heavy atom. The van der Waals surface area contributed by atoms with Crippen LogP contribution in [0.25, 0.3) is 32.9 Å². The average molecular weight is 591 g/mol. The Morgan fingerprint density at radius 3 is 2.53 bits per heavy atom. The largest absolute Gasteiger partial charge is 0.497 e. The van der Waals surface area contributed by atoms with Gasteiger partial charge in [0.2, 0.25) is 11.7 Å². The topological polar surface area (TPSA) is 99.9 Å². The van der Waals surface area contributed by atoms with Crippen LogP contribution in [0.4, 0.5) is 13.2 Å². The number of carbonyl (C=O) groups is 2. The van der Waals surface area contributed by atoms with Crippen LogP contribution in [0.3, 0.4) is 0 Å². The van der Waals surface area contributed by atoms with Crippen molar-refractivity contribution >= 4 is 33.4 Å². The number of H-pyrrole nitrogens is 2. The van der Waals surface area contributed by atoms with Crippen molar-refractivity contribution in [2.45, 2.75) is 57.7 Å². The summed E-state index contributed by atoms with van der Waals surface area (Å²) in [4.78, 5) is 35.9. The Morgan fingerprint density at radius 2 is 1.77 bits per heavy atom. The van der Waals surface area contributed by atoms with Crippen molar-refractivity contribution in [1.29, 1.82) is 0 Å². The van der Waals surface area contributed by atoms with Crippen LogP contribution in [0, 0.1) is 6.92 Å². The number of aromatic amines is 2. The normalized spacial score (nSPS) is 12.5. The highest BCUT2D eigenvalue weighted by atomic mass is 19.4. The van der Waals surface area contributed by atoms with Gasteiger partial charge < -0.3 is 20.0 Å². The van der Waals surface area contributed by atoms with E-state index in [1.54, 1.807) is 13.3 Å². The number of unbranched alkanes of at least 4 members (excludes halogenated alkanes) is 2. The number of fused-ring (bicyclic) bond motifs is 2. The maximum Gasteiger partial charge on any atom is 0.449 e. The molecule has 3 aromatic carbocycles. The van der Waals surface area contributed by atoms with E-state index in [1.807, 2.05) is 61.5 Å². The standard InChI is InChI=1S/C33H33F3N4O3/c1-20-25(26-17-24(43-2)14-15-27(26)38-20)18-31(42)39-28(10-4-3-5-11-30(41)33(34,35)36)32-37-19-29(40-32)23-13-12-21-8-6-7-9-22(21)16-23/h6-9,12-17,19,28,38H,3-5,10-11,18H2,1-2H3,(H,37,40)(H,39,42)/t28-/m0/s1. The number of hydrogen-bond acceptors (Lipinski definition) is 4. The fraction of sp³-hybridized carbons (Fsp3) is 0.303. The minimum atomic E-state index is -4.81. The fourth-order valence-corrected chi connectivity index (χ4v) is 5.37. The number of rotatable bonds is 12. The number of halogens is 3. The van der Waals surface area contributed by atoms with E-state index >= 15 is 0 Å². The quantitative estimate of drug-likeness (QED) is 0.131. The van der Waals surface area contributed by atoms with Gasteiger partial charge in [-0.1, -0.05) is 49.2 Å². The number of hydrogen-bond donors (Lipinski definition) is 3. The predicted molar refractivity (Wildman–Crippen MR) is 160 cm³/mol. The van der Waals surface area contributed by atoms with Gasteiger partial charge >= 0.3 is 6.18 Å². The van der Waals surface area contributed by atoms with Gasteiger partial charge in [-0.3, -0.25) is 9.59 Å². The number of aryl methyl sites for hydroxylation is 1. The van der Waals surface area contributed by atoms with E-state index < -0.39 is 24.4 Å². The lowest BCUT2D eigenvalue weighted by atomic mass is 10.0. The Hall–Kier alpha value is -4.60. The first-order chi connectivity index (χ1) is 20.6. The van der Waals surface area contributed by atoms with Gasteiger partial charge in [-0.05, 0) is 60.4 Å². The fourth-order valence-electron chi connectivity index (χ4n) is 5.37. The number of benzene rings is 3. The molecule has 43 heavy (non-hydrogen) atoms.